The molecule has 1 amide bonds. The van der Waals surface area contributed by atoms with E-state index in [1.807, 2.05) is 41.2 Å². The van der Waals surface area contributed by atoms with Crippen LogP contribution in [0.25, 0.3) is 11.0 Å². The molecule has 1 aliphatic rings. The molecule has 3 aromatic rings. The van der Waals surface area contributed by atoms with Crippen LogP contribution >= 0.6 is 0 Å². The van der Waals surface area contributed by atoms with Gasteiger partial charge in [0.2, 0.25) is 5.91 Å². The van der Waals surface area contributed by atoms with Crippen LogP contribution in [0.1, 0.15) is 24.8 Å². The Morgan fingerprint density at radius 2 is 2.00 bits per heavy atom. The van der Waals surface area contributed by atoms with Crippen LogP contribution in [0.3, 0.4) is 0 Å². The Morgan fingerprint density at radius 1 is 1.16 bits per heavy atom. The number of pyridine rings is 1. The van der Waals surface area contributed by atoms with E-state index in [2.05, 4.69) is 27.0 Å². The lowest BCUT2D eigenvalue weighted by molar-refractivity contribution is -0.132. The van der Waals surface area contributed by atoms with E-state index in [-0.39, 0.29) is 5.91 Å². The molecule has 1 aromatic carbocycles. The average Bonchev–Trinajstić information content (AvgIpc) is 3.28. The van der Waals surface area contributed by atoms with Crippen LogP contribution in [-0.2, 0) is 17.8 Å². The second-order valence-electron chi connectivity index (χ2n) is 6.64. The molecular weight excluding hydrogens is 312 g/mol. The summed E-state index contributed by atoms with van der Waals surface area (Å²) in [5, 5.41) is 0. The van der Waals surface area contributed by atoms with Crippen molar-refractivity contribution < 1.29 is 4.79 Å². The lowest BCUT2D eigenvalue weighted by Crippen LogP contribution is -2.37. The molecule has 2 aromatic heterocycles. The third-order valence-electron chi connectivity index (χ3n) is 5.05. The summed E-state index contributed by atoms with van der Waals surface area (Å²) < 4.78 is 1.95. The van der Waals surface area contributed by atoms with Gasteiger partial charge < -0.3 is 9.47 Å². The number of fused-ring (bicyclic) bond motifs is 1. The fourth-order valence-electron chi connectivity index (χ4n) is 3.72. The van der Waals surface area contributed by atoms with Gasteiger partial charge in [0.05, 0.1) is 17.4 Å². The highest BCUT2D eigenvalue weighted by Gasteiger charge is 2.28. The summed E-state index contributed by atoms with van der Waals surface area (Å²) in [5.74, 6) is 0.195. The molecule has 1 saturated heterocycles. The van der Waals surface area contributed by atoms with Crippen molar-refractivity contribution in [1.82, 2.24) is 19.4 Å². The van der Waals surface area contributed by atoms with Crippen LogP contribution in [0.15, 0.2) is 55.1 Å². The number of benzene rings is 1. The summed E-state index contributed by atoms with van der Waals surface area (Å²) in [6.07, 6.45) is 9.63. The molecule has 128 valence electrons. The predicted molar refractivity (Wildman–Crippen MR) is 97.0 cm³/mol. The summed E-state index contributed by atoms with van der Waals surface area (Å²) >= 11 is 0. The van der Waals surface area contributed by atoms with E-state index in [9.17, 15) is 4.79 Å². The Morgan fingerprint density at radius 3 is 2.88 bits per heavy atom. The molecule has 0 radical (unpaired) electrons. The molecule has 0 saturated carbocycles. The second-order valence-corrected chi connectivity index (χ2v) is 6.64. The van der Waals surface area contributed by atoms with Gasteiger partial charge in [0, 0.05) is 25.0 Å². The van der Waals surface area contributed by atoms with Crippen molar-refractivity contribution in [2.24, 2.45) is 0 Å². The number of hydrogen-bond donors (Lipinski definition) is 0. The van der Waals surface area contributed by atoms with Gasteiger partial charge in [-0.05, 0) is 55.5 Å². The molecule has 0 spiro atoms. The number of para-hydroxylation sites is 2. The minimum atomic E-state index is 0.195. The van der Waals surface area contributed by atoms with Gasteiger partial charge in [0.15, 0.2) is 0 Å². The van der Waals surface area contributed by atoms with Crippen LogP contribution in [0, 0.1) is 0 Å². The summed E-state index contributed by atoms with van der Waals surface area (Å²) in [6.45, 7) is 1.23. The lowest BCUT2D eigenvalue weighted by Gasteiger charge is -2.25. The zero-order valence-corrected chi connectivity index (χ0v) is 14.2. The van der Waals surface area contributed by atoms with E-state index >= 15 is 0 Å². The first-order valence-corrected chi connectivity index (χ1v) is 8.89. The Bertz CT molecular complexity index is 858. The van der Waals surface area contributed by atoms with Gasteiger partial charge in [0.25, 0.3) is 0 Å². The molecular formula is C20H22N4O. The zero-order chi connectivity index (χ0) is 17.1. The Hall–Kier alpha value is -2.69. The molecule has 1 aliphatic heterocycles. The van der Waals surface area contributed by atoms with Crippen LogP contribution in [0.5, 0.6) is 0 Å². The Balaban J connectivity index is 1.42. The SMILES string of the molecule is O=C(Cn1cnc2ccccc21)N1CCCC1CCc1ccncc1. The second kappa shape index (κ2) is 7.05. The van der Waals surface area contributed by atoms with E-state index in [4.69, 9.17) is 0 Å². The van der Waals surface area contributed by atoms with E-state index in [0.29, 0.717) is 12.6 Å². The van der Waals surface area contributed by atoms with Gasteiger partial charge in [-0.3, -0.25) is 9.78 Å². The van der Waals surface area contributed by atoms with Crippen LogP contribution in [0.2, 0.25) is 0 Å². The highest BCUT2D eigenvalue weighted by atomic mass is 16.2. The molecule has 1 fully saturated rings. The average molecular weight is 334 g/mol. The van der Waals surface area contributed by atoms with Gasteiger partial charge in [-0.25, -0.2) is 4.98 Å². The third-order valence-corrected chi connectivity index (χ3v) is 5.05. The van der Waals surface area contributed by atoms with Gasteiger partial charge in [-0.2, -0.15) is 0 Å². The fourth-order valence-corrected chi connectivity index (χ4v) is 3.72. The minimum absolute atomic E-state index is 0.195. The Labute approximate surface area is 147 Å². The van der Waals surface area contributed by atoms with E-state index in [0.717, 1.165) is 43.3 Å². The number of amides is 1. The van der Waals surface area contributed by atoms with Crippen LogP contribution < -0.4 is 0 Å². The number of nitrogens with zero attached hydrogens (tertiary/aromatic N) is 4. The molecule has 5 nitrogen and oxygen atoms in total. The number of carbonyl (C=O) groups is 1. The van der Waals surface area contributed by atoms with Crippen molar-refractivity contribution in [2.45, 2.75) is 38.3 Å². The molecule has 4 rings (SSSR count). The van der Waals surface area contributed by atoms with Gasteiger partial charge in [-0.1, -0.05) is 12.1 Å². The molecule has 0 N–H and O–H groups in total. The number of hydrogen-bond acceptors (Lipinski definition) is 3. The fraction of sp³-hybridized carbons (Fsp3) is 0.350. The van der Waals surface area contributed by atoms with Crippen molar-refractivity contribution in [2.75, 3.05) is 6.54 Å². The van der Waals surface area contributed by atoms with Crippen LogP contribution in [-0.4, -0.2) is 37.9 Å². The van der Waals surface area contributed by atoms with Gasteiger partial charge >= 0.3 is 0 Å². The molecule has 1 atom stereocenters. The number of imidazole rings is 1. The first kappa shape index (κ1) is 15.8. The van der Waals surface area contributed by atoms with Gasteiger partial charge in [0.1, 0.15) is 6.54 Å². The number of aryl methyl sites for hydroxylation is 1. The number of aromatic nitrogens is 3. The van der Waals surface area contributed by atoms with Crippen molar-refractivity contribution in [3.8, 4) is 0 Å². The van der Waals surface area contributed by atoms with E-state index < -0.39 is 0 Å². The van der Waals surface area contributed by atoms with Crippen molar-refractivity contribution in [1.29, 1.82) is 0 Å². The standard InChI is InChI=1S/C20H22N4O/c25-20(14-23-15-22-18-5-1-2-6-19(18)23)24-13-3-4-17(24)8-7-16-9-11-21-12-10-16/h1-2,5-6,9-12,15,17H,3-4,7-8,13-14H2. The summed E-state index contributed by atoms with van der Waals surface area (Å²) in [5.41, 5.74) is 3.24. The maximum absolute atomic E-state index is 12.8. The quantitative estimate of drug-likeness (QED) is 0.720. The maximum atomic E-state index is 12.8. The minimum Gasteiger partial charge on any atom is -0.338 e. The molecule has 25 heavy (non-hydrogen) atoms. The smallest absolute Gasteiger partial charge is 0.242 e. The lowest BCUT2D eigenvalue weighted by atomic mass is 10.0. The topological polar surface area (TPSA) is 51.0 Å². The van der Waals surface area contributed by atoms with Gasteiger partial charge in [-0.15, -0.1) is 0 Å². The molecule has 3 heterocycles. The molecule has 0 bridgehead atoms. The molecule has 5 heteroatoms. The van der Waals surface area contributed by atoms with E-state index in [1.54, 1.807) is 6.33 Å². The number of carbonyl (C=O) groups excluding carboxylic acids is 1. The third kappa shape index (κ3) is 3.40. The van der Waals surface area contributed by atoms with Crippen molar-refractivity contribution >= 4 is 16.9 Å². The summed E-state index contributed by atoms with van der Waals surface area (Å²) in [7, 11) is 0. The Kier molecular flexibility index (Phi) is 4.46. The summed E-state index contributed by atoms with van der Waals surface area (Å²) in [6, 6.07) is 12.4. The van der Waals surface area contributed by atoms with E-state index in [1.165, 1.54) is 5.56 Å². The van der Waals surface area contributed by atoms with Crippen molar-refractivity contribution in [3.05, 3.63) is 60.7 Å². The summed E-state index contributed by atoms with van der Waals surface area (Å²) in [4.78, 5) is 23.4. The first-order chi connectivity index (χ1) is 12.3. The van der Waals surface area contributed by atoms with Crippen LogP contribution in [0.4, 0.5) is 0 Å². The predicted octanol–water partition coefficient (Wildman–Crippen LogP) is 3.06. The highest BCUT2D eigenvalue weighted by Crippen LogP contribution is 2.23. The largest absolute Gasteiger partial charge is 0.338 e. The zero-order valence-electron chi connectivity index (χ0n) is 14.2. The monoisotopic (exact) mass is 334 g/mol. The molecule has 1 unspecified atom stereocenters. The normalized spacial score (nSPS) is 17.3. The maximum Gasteiger partial charge on any atom is 0.242 e. The number of rotatable bonds is 5. The highest BCUT2D eigenvalue weighted by molar-refractivity contribution is 5.80. The number of likely N-dealkylation sites (tertiary alicyclic amines) is 1. The van der Waals surface area contributed by atoms with Crippen molar-refractivity contribution in [3.63, 3.8) is 0 Å². The molecule has 0 aliphatic carbocycles. The first-order valence-electron chi connectivity index (χ1n) is 8.89.